The van der Waals surface area contributed by atoms with Crippen LogP contribution < -0.4 is 20.8 Å². The number of nitrogens with two attached hydrogens (primary N) is 1. The van der Waals surface area contributed by atoms with E-state index < -0.39 is 0 Å². The fraction of sp³-hybridized carbons (Fsp3) is 0.393. The lowest BCUT2D eigenvalue weighted by Crippen LogP contribution is -2.39. The van der Waals surface area contributed by atoms with Crippen molar-refractivity contribution in [3.05, 3.63) is 48.7 Å². The van der Waals surface area contributed by atoms with Gasteiger partial charge in [0, 0.05) is 57.0 Å². The number of hydrogen-bond acceptors (Lipinski definition) is 8. The SMILES string of the molecule is CC.CC.COc1cc(N(C)N(C)C)c(N)cc1NC1N=CC=C(n2cc(SC)c3ccccc32)N1C. The van der Waals surface area contributed by atoms with Gasteiger partial charge >= 0.3 is 0 Å². The number of anilines is 3. The summed E-state index contributed by atoms with van der Waals surface area (Å²) in [5, 5.41) is 8.65. The third-order valence-electron chi connectivity index (χ3n) is 5.90. The molecule has 1 atom stereocenters. The molecule has 0 amide bonds. The lowest BCUT2D eigenvalue weighted by Gasteiger charge is -2.34. The maximum Gasteiger partial charge on any atom is 0.197 e. The van der Waals surface area contributed by atoms with Gasteiger partial charge in [0.2, 0.25) is 0 Å². The number of thioether (sulfide) groups is 1. The predicted octanol–water partition coefficient (Wildman–Crippen LogP) is 6.13. The van der Waals surface area contributed by atoms with E-state index in [4.69, 9.17) is 10.5 Å². The second-order valence-corrected chi connectivity index (χ2v) is 8.87. The van der Waals surface area contributed by atoms with Gasteiger partial charge in [0.1, 0.15) is 11.6 Å². The largest absolute Gasteiger partial charge is 0.495 e. The number of nitrogens with zero attached hydrogens (tertiary/aromatic N) is 5. The first-order valence-electron chi connectivity index (χ1n) is 12.6. The summed E-state index contributed by atoms with van der Waals surface area (Å²) >= 11 is 1.75. The van der Waals surface area contributed by atoms with E-state index in [1.165, 1.54) is 10.3 Å². The van der Waals surface area contributed by atoms with Gasteiger partial charge in [0.25, 0.3) is 0 Å². The number of benzene rings is 2. The van der Waals surface area contributed by atoms with Crippen molar-refractivity contribution in [1.82, 2.24) is 14.5 Å². The van der Waals surface area contributed by atoms with E-state index in [-0.39, 0.29) is 6.29 Å². The summed E-state index contributed by atoms with van der Waals surface area (Å²) in [6.45, 7) is 8.00. The lowest BCUT2D eigenvalue weighted by molar-refractivity contribution is 0.369. The van der Waals surface area contributed by atoms with E-state index in [1.807, 2.05) is 90.3 Å². The van der Waals surface area contributed by atoms with Crippen LogP contribution in [0.1, 0.15) is 27.7 Å². The van der Waals surface area contributed by atoms with E-state index >= 15 is 0 Å². The Morgan fingerprint density at radius 2 is 1.76 bits per heavy atom. The number of nitrogen functional groups attached to an aromatic ring is 1. The Kier molecular flexibility index (Phi) is 11.2. The van der Waals surface area contributed by atoms with Gasteiger partial charge in [0.05, 0.1) is 29.7 Å². The van der Waals surface area contributed by atoms with Crippen LogP contribution in [0.3, 0.4) is 0 Å². The molecule has 1 aliphatic heterocycles. The van der Waals surface area contributed by atoms with Crippen molar-refractivity contribution in [2.24, 2.45) is 4.99 Å². The molecular formula is C28H43N7OS. The fourth-order valence-electron chi connectivity index (χ4n) is 3.92. The van der Waals surface area contributed by atoms with Crippen LogP contribution in [0.25, 0.3) is 16.7 Å². The van der Waals surface area contributed by atoms with Crippen LogP contribution in [0.4, 0.5) is 17.1 Å². The van der Waals surface area contributed by atoms with E-state index in [1.54, 1.807) is 18.9 Å². The molecule has 1 aromatic heterocycles. The zero-order chi connectivity index (χ0) is 27.7. The molecule has 0 fully saturated rings. The van der Waals surface area contributed by atoms with Gasteiger partial charge in [-0.3, -0.25) is 0 Å². The number of hydrazine groups is 1. The Bertz CT molecular complexity index is 1220. The number of allylic oxidation sites excluding steroid dienone is 1. The van der Waals surface area contributed by atoms with Crippen LogP contribution in [0, 0.1) is 0 Å². The van der Waals surface area contributed by atoms with Crippen molar-refractivity contribution in [1.29, 1.82) is 0 Å². The molecule has 1 aliphatic rings. The number of aromatic nitrogens is 1. The highest BCUT2D eigenvalue weighted by molar-refractivity contribution is 7.98. The Balaban J connectivity index is 0.00000115. The molecule has 9 heteroatoms. The van der Waals surface area contributed by atoms with Crippen LogP contribution in [0.2, 0.25) is 0 Å². The summed E-state index contributed by atoms with van der Waals surface area (Å²) in [5.74, 6) is 1.72. The summed E-state index contributed by atoms with van der Waals surface area (Å²) < 4.78 is 7.89. The topological polar surface area (TPSA) is 74.3 Å². The van der Waals surface area contributed by atoms with Crippen molar-refractivity contribution >= 4 is 51.8 Å². The first-order chi connectivity index (χ1) is 17.8. The fourth-order valence-corrected chi connectivity index (χ4v) is 4.52. The number of fused-ring (bicyclic) bond motifs is 1. The number of hydrogen-bond donors (Lipinski definition) is 2. The first-order valence-corrected chi connectivity index (χ1v) is 13.8. The van der Waals surface area contributed by atoms with Crippen LogP contribution in [0.5, 0.6) is 5.75 Å². The number of methoxy groups -OCH3 is 1. The quantitative estimate of drug-likeness (QED) is 0.218. The zero-order valence-electron chi connectivity index (χ0n) is 23.9. The van der Waals surface area contributed by atoms with E-state index in [0.717, 1.165) is 22.7 Å². The molecule has 0 saturated heterocycles. The first kappa shape index (κ1) is 29.9. The highest BCUT2D eigenvalue weighted by Crippen LogP contribution is 2.37. The van der Waals surface area contributed by atoms with Gasteiger partial charge in [-0.1, -0.05) is 45.9 Å². The summed E-state index contributed by atoms with van der Waals surface area (Å²) in [6, 6.07) is 12.3. The van der Waals surface area contributed by atoms with Crippen LogP contribution in [-0.4, -0.2) is 68.5 Å². The smallest absolute Gasteiger partial charge is 0.197 e. The molecular weight excluding hydrogens is 482 g/mol. The van der Waals surface area contributed by atoms with Gasteiger partial charge < -0.3 is 30.3 Å². The Hall–Kier alpha value is -3.30. The Morgan fingerprint density at radius 3 is 2.38 bits per heavy atom. The van der Waals surface area contributed by atoms with Crippen molar-refractivity contribution < 1.29 is 4.74 Å². The van der Waals surface area contributed by atoms with Crippen molar-refractivity contribution in [2.75, 3.05) is 57.6 Å². The molecule has 0 bridgehead atoms. The molecule has 4 rings (SSSR count). The highest BCUT2D eigenvalue weighted by Gasteiger charge is 2.23. The van der Waals surface area contributed by atoms with Gasteiger partial charge in [-0.15, -0.1) is 11.8 Å². The molecule has 1 unspecified atom stereocenters. The third kappa shape index (κ3) is 6.34. The number of rotatable bonds is 7. The summed E-state index contributed by atoms with van der Waals surface area (Å²) in [4.78, 5) is 8.00. The van der Waals surface area contributed by atoms with Crippen LogP contribution >= 0.6 is 11.8 Å². The molecule has 2 heterocycles. The summed E-state index contributed by atoms with van der Waals surface area (Å²) in [6.07, 6.45) is 7.82. The molecule has 0 spiro atoms. The van der Waals surface area contributed by atoms with E-state index in [0.29, 0.717) is 11.4 Å². The molecule has 202 valence electrons. The minimum Gasteiger partial charge on any atom is -0.495 e. The molecule has 8 nitrogen and oxygen atoms in total. The summed E-state index contributed by atoms with van der Waals surface area (Å²) in [7, 11) is 9.57. The minimum absolute atomic E-state index is 0.324. The molecule has 2 aromatic carbocycles. The van der Waals surface area contributed by atoms with Gasteiger partial charge in [-0.25, -0.2) is 10.0 Å². The molecule has 3 N–H and O–H groups in total. The Labute approximate surface area is 226 Å². The van der Waals surface area contributed by atoms with Crippen molar-refractivity contribution in [3.8, 4) is 5.75 Å². The minimum atomic E-state index is -0.324. The third-order valence-corrected chi connectivity index (χ3v) is 6.67. The number of aliphatic imine (C=N–C) groups is 1. The molecule has 3 aromatic rings. The van der Waals surface area contributed by atoms with Crippen molar-refractivity contribution in [2.45, 2.75) is 38.9 Å². The average Bonchev–Trinajstić information content (AvgIpc) is 3.30. The lowest BCUT2D eigenvalue weighted by atomic mass is 10.2. The van der Waals surface area contributed by atoms with E-state index in [9.17, 15) is 0 Å². The maximum atomic E-state index is 6.39. The molecule has 0 radical (unpaired) electrons. The monoisotopic (exact) mass is 525 g/mol. The molecule has 0 aliphatic carbocycles. The second kappa shape index (κ2) is 13.9. The van der Waals surface area contributed by atoms with E-state index in [2.05, 4.69) is 56.5 Å². The number of ether oxygens (including phenoxy) is 1. The van der Waals surface area contributed by atoms with Crippen LogP contribution in [-0.2, 0) is 0 Å². The van der Waals surface area contributed by atoms with Gasteiger partial charge in [-0.05, 0) is 24.5 Å². The predicted molar refractivity (Wildman–Crippen MR) is 164 cm³/mol. The number of para-hydroxylation sites is 1. The maximum absolute atomic E-state index is 6.39. The average molecular weight is 526 g/mol. The molecule has 37 heavy (non-hydrogen) atoms. The molecule has 0 saturated carbocycles. The van der Waals surface area contributed by atoms with Crippen LogP contribution in [0.15, 0.2) is 58.6 Å². The standard InChI is InChI=1S/C24H31N7OS.2C2H6/c1-28(2)30(4)20-14-21(32-5)18(13-17(20)25)27-24-26-12-11-23(29(24)3)31-15-22(33-6)16-9-7-8-10-19(16)31;2*1-2/h7-15,24,27H,25H2,1-6H3;2*1-2H3. The van der Waals surface area contributed by atoms with Gasteiger partial charge in [0.15, 0.2) is 6.29 Å². The summed E-state index contributed by atoms with van der Waals surface area (Å²) in [5.41, 5.74) is 9.84. The number of nitrogens with one attached hydrogen (secondary N) is 1. The van der Waals surface area contributed by atoms with Gasteiger partial charge in [-0.2, -0.15) is 0 Å². The van der Waals surface area contributed by atoms with Crippen molar-refractivity contribution in [3.63, 3.8) is 0 Å². The second-order valence-electron chi connectivity index (χ2n) is 8.02. The normalized spacial score (nSPS) is 14.4. The Morgan fingerprint density at radius 1 is 1.08 bits per heavy atom. The zero-order valence-corrected chi connectivity index (χ0v) is 24.7. The highest BCUT2D eigenvalue weighted by atomic mass is 32.2.